The van der Waals surface area contributed by atoms with E-state index in [9.17, 15) is 14.4 Å². The summed E-state index contributed by atoms with van der Waals surface area (Å²) in [5.74, 6) is -0.292. The summed E-state index contributed by atoms with van der Waals surface area (Å²) < 4.78 is 10.4. The van der Waals surface area contributed by atoms with Gasteiger partial charge in [0.25, 0.3) is 5.91 Å². The van der Waals surface area contributed by atoms with Crippen LogP contribution in [0.4, 0.5) is 0 Å². The first-order valence-electron chi connectivity index (χ1n) is 10.9. The maximum atomic E-state index is 13.2. The molecule has 1 saturated heterocycles. The number of hydrogen-bond acceptors (Lipinski definition) is 5. The Morgan fingerprint density at radius 2 is 1.97 bits per heavy atom. The lowest BCUT2D eigenvalue weighted by Gasteiger charge is -2.32. The Hall–Kier alpha value is -3.29. The van der Waals surface area contributed by atoms with Gasteiger partial charge in [0, 0.05) is 30.9 Å². The summed E-state index contributed by atoms with van der Waals surface area (Å²) in [4.78, 5) is 43.0. The number of likely N-dealkylation sites (tertiary alicyclic amines) is 1. The lowest BCUT2D eigenvalue weighted by atomic mass is 9.96. The number of aromatic amines is 1. The summed E-state index contributed by atoms with van der Waals surface area (Å²) >= 11 is 0. The van der Waals surface area contributed by atoms with Crippen molar-refractivity contribution < 1.29 is 23.9 Å². The Morgan fingerprint density at radius 1 is 1.22 bits per heavy atom. The molecule has 1 fully saturated rings. The second kappa shape index (κ2) is 10.3. The molecule has 8 heteroatoms. The first-order valence-corrected chi connectivity index (χ1v) is 10.9. The number of esters is 1. The minimum atomic E-state index is -0.440. The zero-order valence-corrected chi connectivity index (χ0v) is 19.1. The molecule has 0 radical (unpaired) electrons. The molecule has 2 heterocycles. The summed E-state index contributed by atoms with van der Waals surface area (Å²) in [6, 6.07) is 7.55. The van der Waals surface area contributed by atoms with E-state index in [-0.39, 0.29) is 24.3 Å². The minimum Gasteiger partial charge on any atom is -0.496 e. The van der Waals surface area contributed by atoms with Crippen molar-refractivity contribution in [3.05, 3.63) is 52.3 Å². The number of H-pyrrole nitrogens is 1. The highest BCUT2D eigenvalue weighted by atomic mass is 16.5. The van der Waals surface area contributed by atoms with E-state index in [2.05, 4.69) is 10.3 Å². The van der Waals surface area contributed by atoms with Crippen molar-refractivity contribution in [1.29, 1.82) is 0 Å². The predicted molar refractivity (Wildman–Crippen MR) is 120 cm³/mol. The average molecular weight is 442 g/mol. The Balaban J connectivity index is 1.67. The highest BCUT2D eigenvalue weighted by Gasteiger charge is 2.31. The molecular weight excluding hydrogens is 410 g/mol. The zero-order valence-electron chi connectivity index (χ0n) is 19.1. The van der Waals surface area contributed by atoms with Crippen LogP contribution in [0.2, 0.25) is 0 Å². The normalized spacial score (nSPS) is 15.9. The van der Waals surface area contributed by atoms with Crippen LogP contribution < -0.4 is 10.1 Å². The van der Waals surface area contributed by atoms with Gasteiger partial charge in [-0.3, -0.25) is 9.59 Å². The predicted octanol–water partition coefficient (Wildman–Crippen LogP) is 2.99. The Bertz CT molecular complexity index is 998. The van der Waals surface area contributed by atoms with E-state index in [4.69, 9.17) is 9.47 Å². The first kappa shape index (κ1) is 23.4. The van der Waals surface area contributed by atoms with Gasteiger partial charge in [0.1, 0.15) is 11.4 Å². The van der Waals surface area contributed by atoms with Gasteiger partial charge in [0.15, 0.2) is 0 Å². The molecule has 1 aromatic heterocycles. The second-order valence-corrected chi connectivity index (χ2v) is 7.97. The number of amides is 2. The molecule has 2 aromatic rings. The number of nitrogens with one attached hydrogen (secondary N) is 2. The number of nitrogens with zero attached hydrogens (tertiary/aromatic N) is 1. The summed E-state index contributed by atoms with van der Waals surface area (Å²) in [7, 11) is 1.60. The zero-order chi connectivity index (χ0) is 23.3. The molecule has 1 aliphatic heterocycles. The van der Waals surface area contributed by atoms with Crippen LogP contribution in [0, 0.1) is 19.8 Å². The molecule has 1 atom stereocenters. The van der Waals surface area contributed by atoms with Gasteiger partial charge in [-0.05, 0) is 45.2 Å². The maximum Gasteiger partial charge on any atom is 0.340 e. The fourth-order valence-corrected chi connectivity index (χ4v) is 4.18. The Morgan fingerprint density at radius 3 is 2.69 bits per heavy atom. The van der Waals surface area contributed by atoms with Crippen molar-refractivity contribution in [2.45, 2.75) is 40.2 Å². The Labute approximate surface area is 188 Å². The molecule has 0 bridgehead atoms. The number of rotatable bonds is 7. The summed E-state index contributed by atoms with van der Waals surface area (Å²) in [6.45, 7) is 6.78. The highest BCUT2D eigenvalue weighted by Crippen LogP contribution is 2.24. The summed E-state index contributed by atoms with van der Waals surface area (Å²) in [5.41, 5.74) is 2.86. The van der Waals surface area contributed by atoms with Crippen molar-refractivity contribution in [3.8, 4) is 5.75 Å². The third kappa shape index (κ3) is 4.95. The van der Waals surface area contributed by atoms with E-state index in [1.165, 1.54) is 0 Å². The molecule has 8 nitrogen and oxygen atoms in total. The molecule has 0 spiro atoms. The number of piperidine rings is 1. The van der Waals surface area contributed by atoms with Gasteiger partial charge in [-0.1, -0.05) is 18.2 Å². The number of hydrogen-bond donors (Lipinski definition) is 2. The van der Waals surface area contributed by atoms with Crippen molar-refractivity contribution in [1.82, 2.24) is 15.2 Å². The molecule has 1 aromatic carbocycles. The number of carbonyl (C=O) groups is 3. The minimum absolute atomic E-state index is 0.0833. The number of carbonyl (C=O) groups excluding carboxylic acids is 3. The molecule has 32 heavy (non-hydrogen) atoms. The fourth-order valence-electron chi connectivity index (χ4n) is 4.18. The van der Waals surface area contributed by atoms with Crippen LogP contribution in [-0.4, -0.2) is 54.5 Å². The second-order valence-electron chi connectivity index (χ2n) is 7.97. The summed E-state index contributed by atoms with van der Waals surface area (Å²) in [6.07, 6.45) is 1.46. The van der Waals surface area contributed by atoms with Gasteiger partial charge in [-0.15, -0.1) is 0 Å². The van der Waals surface area contributed by atoms with E-state index >= 15 is 0 Å². The number of benzene rings is 1. The third-order valence-electron chi connectivity index (χ3n) is 5.86. The van der Waals surface area contributed by atoms with Gasteiger partial charge >= 0.3 is 5.97 Å². The molecule has 0 aliphatic carbocycles. The van der Waals surface area contributed by atoms with Crippen LogP contribution >= 0.6 is 0 Å². The standard InChI is InChI=1S/C24H31N3O5/c1-5-32-24(30)20-15(2)21(26-16(20)3)23(29)27-12-8-10-18(14-27)22(28)25-13-17-9-6-7-11-19(17)31-4/h6-7,9,11,18,26H,5,8,10,12-14H2,1-4H3,(H,25,28). The van der Waals surface area contributed by atoms with Crippen LogP contribution in [-0.2, 0) is 16.1 Å². The highest BCUT2D eigenvalue weighted by molar-refractivity contribution is 6.00. The quantitative estimate of drug-likeness (QED) is 0.644. The molecule has 0 saturated carbocycles. The lowest BCUT2D eigenvalue weighted by Crippen LogP contribution is -2.45. The molecule has 2 amide bonds. The van der Waals surface area contributed by atoms with E-state index in [0.717, 1.165) is 24.2 Å². The van der Waals surface area contributed by atoms with Gasteiger partial charge in [-0.2, -0.15) is 0 Å². The number of aryl methyl sites for hydroxylation is 1. The number of aromatic nitrogens is 1. The SMILES string of the molecule is CCOC(=O)c1c(C)[nH]c(C(=O)N2CCCC(C(=O)NCc3ccccc3OC)C2)c1C. The topological polar surface area (TPSA) is 101 Å². The lowest BCUT2D eigenvalue weighted by molar-refractivity contribution is -0.126. The Kier molecular flexibility index (Phi) is 7.56. The number of methoxy groups -OCH3 is 1. The van der Waals surface area contributed by atoms with Gasteiger partial charge < -0.3 is 24.7 Å². The monoisotopic (exact) mass is 441 g/mol. The molecule has 1 aliphatic rings. The van der Waals surface area contributed by atoms with E-state index in [1.54, 1.807) is 32.8 Å². The van der Waals surface area contributed by atoms with E-state index in [1.807, 2.05) is 24.3 Å². The molecular formula is C24H31N3O5. The van der Waals surface area contributed by atoms with E-state index < -0.39 is 5.97 Å². The first-order chi connectivity index (χ1) is 15.4. The molecule has 1 unspecified atom stereocenters. The van der Waals surface area contributed by atoms with Crippen LogP contribution in [0.1, 0.15) is 57.4 Å². The number of ether oxygens (including phenoxy) is 2. The van der Waals surface area contributed by atoms with Crippen molar-refractivity contribution in [3.63, 3.8) is 0 Å². The van der Waals surface area contributed by atoms with Gasteiger partial charge in [0.05, 0.1) is 25.2 Å². The van der Waals surface area contributed by atoms with Crippen LogP contribution in [0.15, 0.2) is 24.3 Å². The van der Waals surface area contributed by atoms with E-state index in [0.29, 0.717) is 42.1 Å². The van der Waals surface area contributed by atoms with Gasteiger partial charge in [0.2, 0.25) is 5.91 Å². The molecule has 2 N–H and O–H groups in total. The van der Waals surface area contributed by atoms with Crippen molar-refractivity contribution >= 4 is 17.8 Å². The van der Waals surface area contributed by atoms with Crippen LogP contribution in [0.25, 0.3) is 0 Å². The van der Waals surface area contributed by atoms with Crippen molar-refractivity contribution in [2.24, 2.45) is 5.92 Å². The fraction of sp³-hybridized carbons (Fsp3) is 0.458. The van der Waals surface area contributed by atoms with Gasteiger partial charge in [-0.25, -0.2) is 4.79 Å². The maximum absolute atomic E-state index is 13.2. The van der Waals surface area contributed by atoms with Crippen molar-refractivity contribution in [2.75, 3.05) is 26.8 Å². The third-order valence-corrected chi connectivity index (χ3v) is 5.86. The smallest absolute Gasteiger partial charge is 0.340 e. The molecule has 3 rings (SSSR count). The van der Waals surface area contributed by atoms with Crippen LogP contribution in [0.3, 0.4) is 0 Å². The van der Waals surface area contributed by atoms with Crippen LogP contribution in [0.5, 0.6) is 5.75 Å². The average Bonchev–Trinajstić information content (AvgIpc) is 3.11. The summed E-state index contributed by atoms with van der Waals surface area (Å²) in [5, 5.41) is 2.97. The molecule has 172 valence electrons. The largest absolute Gasteiger partial charge is 0.496 e. The number of para-hydroxylation sites is 1.